The molecule has 1 aromatic rings. The van der Waals surface area contributed by atoms with Gasteiger partial charge in [0.1, 0.15) is 5.82 Å². The number of aromatic nitrogens is 2. The largest absolute Gasteiger partial charge is 0.316 e. The highest BCUT2D eigenvalue weighted by Crippen LogP contribution is 2.18. The number of rotatable bonds is 9. The van der Waals surface area contributed by atoms with Gasteiger partial charge in [-0.3, -0.25) is 0 Å². The van der Waals surface area contributed by atoms with Crippen molar-refractivity contribution in [3.05, 3.63) is 22.8 Å². The third kappa shape index (κ3) is 7.28. The van der Waals surface area contributed by atoms with Gasteiger partial charge in [0.15, 0.2) is 0 Å². The molecular formula is C17H31N3S. The minimum Gasteiger partial charge on any atom is -0.316 e. The van der Waals surface area contributed by atoms with E-state index in [0.29, 0.717) is 5.25 Å². The van der Waals surface area contributed by atoms with Gasteiger partial charge < -0.3 is 5.32 Å². The van der Waals surface area contributed by atoms with Crippen molar-refractivity contribution in [3.63, 3.8) is 0 Å². The van der Waals surface area contributed by atoms with Gasteiger partial charge in [-0.1, -0.05) is 27.7 Å². The lowest BCUT2D eigenvalue weighted by molar-refractivity contribution is 0.542. The van der Waals surface area contributed by atoms with Crippen molar-refractivity contribution in [3.8, 4) is 0 Å². The zero-order chi connectivity index (χ0) is 15.8. The van der Waals surface area contributed by atoms with Gasteiger partial charge in [-0.2, -0.15) is 11.8 Å². The Morgan fingerprint density at radius 1 is 1.05 bits per heavy atom. The third-order valence-corrected chi connectivity index (χ3v) is 4.44. The van der Waals surface area contributed by atoms with E-state index in [9.17, 15) is 0 Å². The molecule has 0 aromatic carbocycles. The van der Waals surface area contributed by atoms with Crippen LogP contribution in [0.1, 0.15) is 56.9 Å². The first-order chi connectivity index (χ1) is 9.90. The molecule has 0 saturated heterocycles. The molecule has 4 heteroatoms. The first-order valence-corrected chi connectivity index (χ1v) is 9.10. The van der Waals surface area contributed by atoms with Crippen LogP contribution in [0.4, 0.5) is 0 Å². The van der Waals surface area contributed by atoms with E-state index in [4.69, 9.17) is 0 Å². The smallest absolute Gasteiger partial charge is 0.138 e. The Balaban J connectivity index is 2.51. The summed E-state index contributed by atoms with van der Waals surface area (Å²) in [6.07, 6.45) is 2.22. The summed E-state index contributed by atoms with van der Waals surface area (Å²) in [6, 6.07) is 0. The van der Waals surface area contributed by atoms with Gasteiger partial charge in [-0.05, 0) is 56.5 Å². The van der Waals surface area contributed by atoms with Gasteiger partial charge >= 0.3 is 0 Å². The summed E-state index contributed by atoms with van der Waals surface area (Å²) in [6.45, 7) is 15.3. The molecule has 0 aliphatic carbocycles. The minimum atomic E-state index is 0.626. The molecule has 0 aliphatic rings. The van der Waals surface area contributed by atoms with E-state index in [2.05, 4.69) is 56.8 Å². The highest BCUT2D eigenvalue weighted by atomic mass is 32.2. The second kappa shape index (κ2) is 9.42. The number of hydrogen-bond acceptors (Lipinski definition) is 4. The maximum atomic E-state index is 4.68. The van der Waals surface area contributed by atoms with E-state index < -0.39 is 0 Å². The zero-order valence-electron chi connectivity index (χ0n) is 14.5. The van der Waals surface area contributed by atoms with Crippen molar-refractivity contribution in [2.24, 2.45) is 5.92 Å². The van der Waals surface area contributed by atoms with Crippen LogP contribution in [-0.2, 0) is 12.2 Å². The Morgan fingerprint density at radius 2 is 1.67 bits per heavy atom. The van der Waals surface area contributed by atoms with Crippen molar-refractivity contribution in [1.29, 1.82) is 0 Å². The lowest BCUT2D eigenvalue weighted by Gasteiger charge is -2.12. The molecule has 1 heterocycles. The molecule has 0 unspecified atom stereocenters. The van der Waals surface area contributed by atoms with Crippen LogP contribution in [0.3, 0.4) is 0 Å². The molecule has 0 bridgehead atoms. The van der Waals surface area contributed by atoms with E-state index in [1.54, 1.807) is 0 Å². The Bertz CT molecular complexity index is 407. The molecule has 0 amide bonds. The molecule has 0 radical (unpaired) electrons. The highest BCUT2D eigenvalue weighted by molar-refractivity contribution is 7.99. The Kier molecular flexibility index (Phi) is 8.27. The SMILES string of the molecule is Cc1nc(CSC(C)C)nc(C)c1CCCNCC(C)C. The summed E-state index contributed by atoms with van der Waals surface area (Å²) in [5, 5.41) is 4.12. The average Bonchev–Trinajstić information content (AvgIpc) is 2.38. The van der Waals surface area contributed by atoms with E-state index in [1.807, 2.05) is 11.8 Å². The average molecular weight is 310 g/mol. The number of aryl methyl sites for hydroxylation is 2. The first-order valence-electron chi connectivity index (χ1n) is 8.05. The quantitative estimate of drug-likeness (QED) is 0.702. The lowest BCUT2D eigenvalue weighted by Crippen LogP contribution is -2.21. The van der Waals surface area contributed by atoms with Gasteiger partial charge in [0, 0.05) is 11.4 Å². The summed E-state index contributed by atoms with van der Waals surface area (Å²) in [7, 11) is 0. The van der Waals surface area contributed by atoms with Crippen molar-refractivity contribution < 1.29 is 0 Å². The van der Waals surface area contributed by atoms with Gasteiger partial charge in [0.2, 0.25) is 0 Å². The highest BCUT2D eigenvalue weighted by Gasteiger charge is 2.09. The van der Waals surface area contributed by atoms with Crippen LogP contribution in [-0.4, -0.2) is 28.3 Å². The van der Waals surface area contributed by atoms with Gasteiger partial charge in [-0.15, -0.1) is 0 Å². The topological polar surface area (TPSA) is 37.8 Å². The number of hydrogen-bond donors (Lipinski definition) is 1. The molecule has 0 spiro atoms. The molecule has 21 heavy (non-hydrogen) atoms. The summed E-state index contributed by atoms with van der Waals surface area (Å²) in [5.41, 5.74) is 3.65. The fourth-order valence-electron chi connectivity index (χ4n) is 2.26. The summed E-state index contributed by atoms with van der Waals surface area (Å²) in [4.78, 5) is 9.36. The maximum absolute atomic E-state index is 4.68. The van der Waals surface area contributed by atoms with Crippen LogP contribution in [0, 0.1) is 19.8 Å². The van der Waals surface area contributed by atoms with Crippen LogP contribution >= 0.6 is 11.8 Å². The van der Waals surface area contributed by atoms with E-state index in [0.717, 1.165) is 54.8 Å². The fraction of sp³-hybridized carbons (Fsp3) is 0.765. The molecule has 1 N–H and O–H groups in total. The molecular weight excluding hydrogens is 278 g/mol. The van der Waals surface area contributed by atoms with Gasteiger partial charge in [0.25, 0.3) is 0 Å². The maximum Gasteiger partial charge on any atom is 0.138 e. The Labute approximate surface area is 134 Å². The number of thioether (sulfide) groups is 1. The number of nitrogens with one attached hydrogen (secondary N) is 1. The third-order valence-electron chi connectivity index (χ3n) is 3.35. The zero-order valence-corrected chi connectivity index (χ0v) is 15.3. The van der Waals surface area contributed by atoms with Crippen LogP contribution in [0.5, 0.6) is 0 Å². The van der Waals surface area contributed by atoms with Crippen molar-refractivity contribution in [2.75, 3.05) is 13.1 Å². The Hall–Kier alpha value is -0.610. The van der Waals surface area contributed by atoms with Crippen molar-refractivity contribution >= 4 is 11.8 Å². The predicted molar refractivity (Wildman–Crippen MR) is 94.0 cm³/mol. The van der Waals surface area contributed by atoms with Gasteiger partial charge in [0.05, 0.1) is 5.75 Å². The van der Waals surface area contributed by atoms with Crippen molar-refractivity contribution in [1.82, 2.24) is 15.3 Å². The molecule has 120 valence electrons. The molecule has 1 aromatic heterocycles. The second-order valence-corrected chi connectivity index (χ2v) is 7.92. The molecule has 0 saturated carbocycles. The standard InChI is InChI=1S/C17H31N3S/c1-12(2)10-18-9-7-8-16-14(5)19-17(20-15(16)6)11-21-13(3)4/h12-13,18H,7-11H2,1-6H3. The fourth-order valence-corrected chi connectivity index (χ4v) is 2.87. The van der Waals surface area contributed by atoms with Crippen LogP contribution in [0.15, 0.2) is 0 Å². The molecule has 0 atom stereocenters. The van der Waals surface area contributed by atoms with Crippen LogP contribution in [0.25, 0.3) is 0 Å². The molecule has 3 nitrogen and oxygen atoms in total. The molecule has 1 rings (SSSR count). The van der Waals surface area contributed by atoms with Gasteiger partial charge in [-0.25, -0.2) is 9.97 Å². The number of nitrogens with zero attached hydrogens (tertiary/aromatic N) is 2. The van der Waals surface area contributed by atoms with E-state index >= 15 is 0 Å². The summed E-state index contributed by atoms with van der Waals surface area (Å²) >= 11 is 1.90. The monoisotopic (exact) mass is 309 g/mol. The summed E-state index contributed by atoms with van der Waals surface area (Å²) in [5.74, 6) is 2.61. The first kappa shape index (κ1) is 18.4. The van der Waals surface area contributed by atoms with Crippen molar-refractivity contribution in [2.45, 2.75) is 65.4 Å². The van der Waals surface area contributed by atoms with Crippen LogP contribution in [0.2, 0.25) is 0 Å². The minimum absolute atomic E-state index is 0.626. The molecule has 0 fully saturated rings. The molecule has 0 aliphatic heterocycles. The van der Waals surface area contributed by atoms with E-state index in [1.165, 1.54) is 5.56 Å². The normalized spacial score (nSPS) is 11.6. The summed E-state index contributed by atoms with van der Waals surface area (Å²) < 4.78 is 0. The lowest BCUT2D eigenvalue weighted by atomic mass is 10.1. The van der Waals surface area contributed by atoms with E-state index in [-0.39, 0.29) is 0 Å². The Morgan fingerprint density at radius 3 is 2.19 bits per heavy atom. The predicted octanol–water partition coefficient (Wildman–Crippen LogP) is 3.91. The second-order valence-electron chi connectivity index (χ2n) is 6.35. The van der Waals surface area contributed by atoms with Crippen LogP contribution < -0.4 is 5.32 Å².